The van der Waals surface area contributed by atoms with E-state index in [1.165, 1.54) is 19.4 Å². The molecule has 5 heteroatoms. The van der Waals surface area contributed by atoms with Crippen molar-refractivity contribution in [2.45, 2.75) is 44.7 Å². The molecule has 1 saturated heterocycles. The van der Waals surface area contributed by atoms with Crippen molar-refractivity contribution in [3.63, 3.8) is 0 Å². The van der Waals surface area contributed by atoms with Gasteiger partial charge in [0.15, 0.2) is 0 Å². The summed E-state index contributed by atoms with van der Waals surface area (Å²) in [5.41, 5.74) is 2.18. The summed E-state index contributed by atoms with van der Waals surface area (Å²) in [4.78, 5) is 15.9. The van der Waals surface area contributed by atoms with Crippen molar-refractivity contribution in [3.05, 3.63) is 0 Å². The zero-order valence-electron chi connectivity index (χ0n) is 11.3. The van der Waals surface area contributed by atoms with Crippen LogP contribution in [0.15, 0.2) is 0 Å². The van der Waals surface area contributed by atoms with Gasteiger partial charge in [-0.15, -0.1) is 0 Å². The second-order valence-corrected chi connectivity index (χ2v) is 5.18. The third kappa shape index (κ3) is 4.61. The van der Waals surface area contributed by atoms with Gasteiger partial charge >= 0.3 is 0 Å². The number of rotatable bonds is 5. The largest absolute Gasteiger partial charge is 0.305 e. The van der Waals surface area contributed by atoms with E-state index in [-0.39, 0.29) is 5.91 Å². The molecule has 5 nitrogen and oxygen atoms in total. The van der Waals surface area contributed by atoms with E-state index in [4.69, 9.17) is 5.84 Å². The number of carbonyl (C=O) groups excluding carboxylic acids is 1. The summed E-state index contributed by atoms with van der Waals surface area (Å²) in [7, 11) is 4.33. The van der Waals surface area contributed by atoms with E-state index in [0.717, 1.165) is 13.0 Å². The van der Waals surface area contributed by atoms with Crippen LogP contribution in [0.4, 0.5) is 0 Å². The molecule has 1 heterocycles. The average Bonchev–Trinajstić information content (AvgIpc) is 2.34. The molecule has 0 aromatic rings. The first-order valence-electron chi connectivity index (χ1n) is 6.44. The molecule has 100 valence electrons. The van der Waals surface area contributed by atoms with Gasteiger partial charge in [0.1, 0.15) is 0 Å². The number of likely N-dealkylation sites (tertiary alicyclic amines) is 1. The first kappa shape index (κ1) is 14.4. The average molecular weight is 242 g/mol. The smallest absolute Gasteiger partial charge is 0.233 e. The molecular weight excluding hydrogens is 216 g/mol. The van der Waals surface area contributed by atoms with Gasteiger partial charge in [-0.3, -0.25) is 15.1 Å². The maximum Gasteiger partial charge on any atom is 0.233 e. The van der Waals surface area contributed by atoms with E-state index in [9.17, 15) is 4.79 Å². The molecule has 0 aromatic heterocycles. The van der Waals surface area contributed by atoms with Gasteiger partial charge in [-0.05, 0) is 46.8 Å². The monoisotopic (exact) mass is 242 g/mol. The molecule has 0 spiro atoms. The SMILES string of the molecule is CC(CCC(=O)NN)N(C)C1CCCN(C)C1. The van der Waals surface area contributed by atoms with E-state index in [1.54, 1.807) is 0 Å². The molecule has 17 heavy (non-hydrogen) atoms. The van der Waals surface area contributed by atoms with Crippen LogP contribution in [0.5, 0.6) is 0 Å². The Hall–Kier alpha value is -0.650. The highest BCUT2D eigenvalue weighted by Gasteiger charge is 2.24. The second-order valence-electron chi connectivity index (χ2n) is 5.18. The van der Waals surface area contributed by atoms with Crippen LogP contribution in [0.25, 0.3) is 0 Å². The quantitative estimate of drug-likeness (QED) is 0.410. The van der Waals surface area contributed by atoms with Gasteiger partial charge < -0.3 is 4.90 Å². The molecule has 3 N–H and O–H groups in total. The van der Waals surface area contributed by atoms with Crippen LogP contribution in [0.2, 0.25) is 0 Å². The third-order valence-electron chi connectivity index (χ3n) is 3.82. The van der Waals surface area contributed by atoms with Gasteiger partial charge in [0, 0.05) is 25.0 Å². The standard InChI is InChI=1S/C12H26N4O/c1-10(6-7-12(17)14-13)16(3)11-5-4-8-15(2)9-11/h10-11H,4-9,13H2,1-3H3,(H,14,17). The maximum atomic E-state index is 11.1. The van der Waals surface area contributed by atoms with Gasteiger partial charge in [0.05, 0.1) is 0 Å². The normalized spacial score (nSPS) is 23.7. The number of amides is 1. The Morgan fingerprint density at radius 2 is 2.35 bits per heavy atom. The molecule has 0 saturated carbocycles. The molecule has 1 fully saturated rings. The molecule has 1 rings (SSSR count). The predicted molar refractivity (Wildman–Crippen MR) is 69.3 cm³/mol. The maximum absolute atomic E-state index is 11.1. The van der Waals surface area contributed by atoms with Crippen LogP contribution < -0.4 is 11.3 Å². The summed E-state index contributed by atoms with van der Waals surface area (Å²) < 4.78 is 0. The van der Waals surface area contributed by atoms with Crippen LogP contribution in [0, 0.1) is 0 Å². The summed E-state index contributed by atoms with van der Waals surface area (Å²) in [6.07, 6.45) is 3.89. The van der Waals surface area contributed by atoms with Crippen LogP contribution in [-0.2, 0) is 4.79 Å². The molecule has 1 aliphatic rings. The second kappa shape index (κ2) is 6.93. The third-order valence-corrected chi connectivity index (χ3v) is 3.82. The van der Waals surface area contributed by atoms with Crippen LogP contribution >= 0.6 is 0 Å². The fraction of sp³-hybridized carbons (Fsp3) is 0.917. The molecule has 0 aromatic carbocycles. The lowest BCUT2D eigenvalue weighted by Crippen LogP contribution is -2.48. The highest BCUT2D eigenvalue weighted by Crippen LogP contribution is 2.17. The molecule has 0 aliphatic carbocycles. The Morgan fingerprint density at radius 1 is 1.65 bits per heavy atom. The van der Waals surface area contributed by atoms with Crippen LogP contribution in [0.1, 0.15) is 32.6 Å². The van der Waals surface area contributed by atoms with Crippen molar-refractivity contribution in [1.29, 1.82) is 0 Å². The first-order chi connectivity index (χ1) is 8.04. The molecule has 2 unspecified atom stereocenters. The Labute approximate surface area is 104 Å². The van der Waals surface area contributed by atoms with E-state index in [1.807, 2.05) is 0 Å². The lowest BCUT2D eigenvalue weighted by Gasteiger charge is -2.39. The van der Waals surface area contributed by atoms with Crippen molar-refractivity contribution in [3.8, 4) is 0 Å². The van der Waals surface area contributed by atoms with Crippen molar-refractivity contribution < 1.29 is 4.79 Å². The highest BCUT2D eigenvalue weighted by molar-refractivity contribution is 5.75. The number of hydrogen-bond donors (Lipinski definition) is 2. The number of nitrogens with one attached hydrogen (secondary N) is 1. The Morgan fingerprint density at radius 3 is 2.94 bits per heavy atom. The van der Waals surface area contributed by atoms with Crippen molar-refractivity contribution in [2.24, 2.45) is 5.84 Å². The van der Waals surface area contributed by atoms with Gasteiger partial charge in [0.2, 0.25) is 5.91 Å². The molecule has 2 atom stereocenters. The van der Waals surface area contributed by atoms with Crippen molar-refractivity contribution in [2.75, 3.05) is 27.2 Å². The summed E-state index contributed by atoms with van der Waals surface area (Å²) in [5.74, 6) is 5.00. The lowest BCUT2D eigenvalue weighted by atomic mass is 10.0. The van der Waals surface area contributed by atoms with E-state index in [2.05, 4.69) is 36.2 Å². The summed E-state index contributed by atoms with van der Waals surface area (Å²) in [6.45, 7) is 4.51. The van der Waals surface area contributed by atoms with E-state index >= 15 is 0 Å². The molecule has 0 bridgehead atoms. The number of carbonyl (C=O) groups is 1. The topological polar surface area (TPSA) is 61.6 Å². The van der Waals surface area contributed by atoms with Crippen molar-refractivity contribution >= 4 is 5.91 Å². The number of nitrogens with zero attached hydrogens (tertiary/aromatic N) is 2. The van der Waals surface area contributed by atoms with E-state index < -0.39 is 0 Å². The van der Waals surface area contributed by atoms with Crippen molar-refractivity contribution in [1.82, 2.24) is 15.2 Å². The van der Waals surface area contributed by atoms with Gasteiger partial charge in [-0.25, -0.2) is 5.84 Å². The highest BCUT2D eigenvalue weighted by atomic mass is 16.2. The fourth-order valence-electron chi connectivity index (χ4n) is 2.45. The fourth-order valence-corrected chi connectivity index (χ4v) is 2.45. The zero-order chi connectivity index (χ0) is 12.8. The van der Waals surface area contributed by atoms with E-state index in [0.29, 0.717) is 18.5 Å². The number of piperidine rings is 1. The van der Waals surface area contributed by atoms with Gasteiger partial charge in [-0.2, -0.15) is 0 Å². The number of likely N-dealkylation sites (N-methyl/N-ethyl adjacent to an activating group) is 2. The Balaban J connectivity index is 2.34. The molecule has 1 amide bonds. The minimum Gasteiger partial charge on any atom is -0.305 e. The van der Waals surface area contributed by atoms with Gasteiger partial charge in [-0.1, -0.05) is 0 Å². The van der Waals surface area contributed by atoms with Crippen LogP contribution in [-0.4, -0.2) is 55.0 Å². The Kier molecular flexibility index (Phi) is 5.88. The predicted octanol–water partition coefficient (Wildman–Crippen LogP) is 0.171. The minimum absolute atomic E-state index is 0.0778. The first-order valence-corrected chi connectivity index (χ1v) is 6.44. The number of nitrogens with two attached hydrogens (primary N) is 1. The minimum atomic E-state index is -0.0778. The zero-order valence-corrected chi connectivity index (χ0v) is 11.3. The summed E-state index contributed by atoms with van der Waals surface area (Å²) in [5, 5.41) is 0. The lowest BCUT2D eigenvalue weighted by molar-refractivity contribution is -0.121. The number of hydrazine groups is 1. The summed E-state index contributed by atoms with van der Waals surface area (Å²) in [6, 6.07) is 1.04. The molecule has 1 aliphatic heterocycles. The van der Waals surface area contributed by atoms with Gasteiger partial charge in [0.25, 0.3) is 0 Å². The van der Waals surface area contributed by atoms with Crippen LogP contribution in [0.3, 0.4) is 0 Å². The Bertz CT molecular complexity index is 247. The molecule has 0 radical (unpaired) electrons. The number of hydrogen-bond acceptors (Lipinski definition) is 4. The molecular formula is C12H26N4O. The summed E-state index contributed by atoms with van der Waals surface area (Å²) >= 11 is 0.